The third-order valence-electron chi connectivity index (χ3n) is 5.28. The molecule has 4 nitrogen and oxygen atoms in total. The number of allylic oxidation sites excluding steroid dienone is 2. The second kappa shape index (κ2) is 5.53. The Balaban J connectivity index is 1.76. The molecule has 2 aromatic rings. The fourth-order valence-electron chi connectivity index (χ4n) is 3.65. The molecule has 0 amide bonds. The van der Waals surface area contributed by atoms with E-state index in [1.807, 2.05) is 18.2 Å². The highest BCUT2D eigenvalue weighted by Crippen LogP contribution is 2.63. The van der Waals surface area contributed by atoms with Crippen LogP contribution in [0.15, 0.2) is 47.5 Å². The van der Waals surface area contributed by atoms with Gasteiger partial charge >= 0.3 is 0 Å². The van der Waals surface area contributed by atoms with Crippen LogP contribution < -0.4 is 0 Å². The molecule has 1 spiro atoms. The van der Waals surface area contributed by atoms with Crippen LogP contribution in [0.2, 0.25) is 0 Å². The molecular formula is C20H18N2O2S. The molecule has 0 saturated heterocycles. The highest BCUT2D eigenvalue weighted by Gasteiger charge is 2.48. The minimum Gasteiger partial charge on any atom is -0.245 e. The van der Waals surface area contributed by atoms with Gasteiger partial charge in [-0.05, 0) is 71.6 Å². The van der Waals surface area contributed by atoms with Crippen molar-refractivity contribution in [3.8, 4) is 6.07 Å². The Kier molecular flexibility index (Phi) is 3.55. The van der Waals surface area contributed by atoms with E-state index in [1.165, 1.54) is 30.2 Å². The van der Waals surface area contributed by atoms with Crippen molar-refractivity contribution in [3.05, 3.63) is 59.4 Å². The minimum atomic E-state index is -3.18. The second-order valence-corrected chi connectivity index (χ2v) is 9.17. The summed E-state index contributed by atoms with van der Waals surface area (Å²) in [6.45, 7) is 0. The van der Waals surface area contributed by atoms with Gasteiger partial charge in [0.05, 0.1) is 4.90 Å². The molecule has 1 fully saturated rings. The number of rotatable bonds is 3. The summed E-state index contributed by atoms with van der Waals surface area (Å²) in [5.41, 5.74) is 5.50. The fraction of sp³-hybridized carbons (Fsp3) is 0.300. The molecule has 1 saturated carbocycles. The quantitative estimate of drug-likeness (QED) is 0.843. The van der Waals surface area contributed by atoms with Crippen molar-refractivity contribution < 1.29 is 8.42 Å². The summed E-state index contributed by atoms with van der Waals surface area (Å²) in [6.07, 6.45) is 7.55. The first-order valence-corrected chi connectivity index (χ1v) is 10.2. The zero-order valence-corrected chi connectivity index (χ0v) is 14.8. The molecule has 1 aromatic heterocycles. The lowest BCUT2D eigenvalue weighted by molar-refractivity contribution is 0.568. The standard InChI is InChI=1S/C20H18N2O2S/c1-25(23,24)17-6-3-14(4-7-17)18-10-20(8-9-20)11-19(18)15-2-5-16(12-21)22-13-15/h2-7,13H,8-11H2,1H3. The van der Waals surface area contributed by atoms with Crippen LogP contribution in [0, 0.1) is 16.7 Å². The molecule has 25 heavy (non-hydrogen) atoms. The Morgan fingerprint density at radius 1 is 1.00 bits per heavy atom. The average molecular weight is 350 g/mol. The minimum absolute atomic E-state index is 0.345. The third kappa shape index (κ3) is 2.98. The Labute approximate surface area is 147 Å². The highest BCUT2D eigenvalue weighted by atomic mass is 32.2. The third-order valence-corrected chi connectivity index (χ3v) is 6.41. The number of nitrogens with zero attached hydrogens (tertiary/aromatic N) is 2. The average Bonchev–Trinajstić information content (AvgIpc) is 3.25. The van der Waals surface area contributed by atoms with Crippen molar-refractivity contribution in [2.45, 2.75) is 30.6 Å². The first-order valence-electron chi connectivity index (χ1n) is 8.29. The van der Waals surface area contributed by atoms with Gasteiger partial charge in [-0.25, -0.2) is 13.4 Å². The van der Waals surface area contributed by atoms with Crippen molar-refractivity contribution >= 4 is 21.0 Å². The number of sulfone groups is 1. The normalized spacial score (nSPS) is 18.4. The van der Waals surface area contributed by atoms with Gasteiger partial charge in [0.1, 0.15) is 11.8 Å². The van der Waals surface area contributed by atoms with Gasteiger partial charge < -0.3 is 0 Å². The summed E-state index contributed by atoms with van der Waals surface area (Å²) in [4.78, 5) is 4.55. The Morgan fingerprint density at radius 2 is 1.60 bits per heavy atom. The summed E-state index contributed by atoms with van der Waals surface area (Å²) in [6, 6.07) is 13.0. The SMILES string of the molecule is CS(=O)(=O)c1ccc(C2=C(c3ccc(C#N)nc3)CC3(CC3)C2)cc1. The van der Waals surface area contributed by atoms with Crippen LogP contribution in [0.1, 0.15) is 42.5 Å². The van der Waals surface area contributed by atoms with E-state index >= 15 is 0 Å². The fourth-order valence-corrected chi connectivity index (χ4v) is 4.28. The van der Waals surface area contributed by atoms with Gasteiger partial charge in [0.2, 0.25) is 0 Å². The molecule has 0 unspecified atom stereocenters. The Hall–Kier alpha value is -2.45. The topological polar surface area (TPSA) is 70.8 Å². The van der Waals surface area contributed by atoms with Crippen LogP contribution in [0.5, 0.6) is 0 Å². The predicted octanol–water partition coefficient (Wildman–Crippen LogP) is 3.84. The van der Waals surface area contributed by atoms with Crippen molar-refractivity contribution in [2.24, 2.45) is 5.41 Å². The van der Waals surface area contributed by atoms with E-state index in [-0.39, 0.29) is 0 Å². The largest absolute Gasteiger partial charge is 0.245 e. The predicted molar refractivity (Wildman–Crippen MR) is 96.2 cm³/mol. The lowest BCUT2D eigenvalue weighted by atomic mass is 9.98. The molecule has 5 heteroatoms. The van der Waals surface area contributed by atoms with E-state index in [0.29, 0.717) is 16.0 Å². The zero-order valence-electron chi connectivity index (χ0n) is 14.0. The number of hydrogen-bond acceptors (Lipinski definition) is 4. The Bertz CT molecular complexity index is 1010. The van der Waals surface area contributed by atoms with Gasteiger partial charge in [0.15, 0.2) is 9.84 Å². The summed E-state index contributed by atoms with van der Waals surface area (Å²) >= 11 is 0. The summed E-state index contributed by atoms with van der Waals surface area (Å²) in [7, 11) is -3.18. The number of nitriles is 1. The molecular weight excluding hydrogens is 332 g/mol. The van der Waals surface area contributed by atoms with E-state index in [4.69, 9.17) is 5.26 Å². The molecule has 2 aliphatic carbocycles. The van der Waals surface area contributed by atoms with E-state index in [1.54, 1.807) is 24.4 Å². The second-order valence-electron chi connectivity index (χ2n) is 7.15. The molecule has 0 aliphatic heterocycles. The smallest absolute Gasteiger partial charge is 0.175 e. The van der Waals surface area contributed by atoms with Gasteiger partial charge in [-0.2, -0.15) is 5.26 Å². The number of aromatic nitrogens is 1. The first kappa shape index (κ1) is 16.0. The van der Waals surface area contributed by atoms with Crippen molar-refractivity contribution in [3.63, 3.8) is 0 Å². The molecule has 126 valence electrons. The van der Waals surface area contributed by atoms with Gasteiger partial charge in [-0.1, -0.05) is 18.2 Å². The van der Waals surface area contributed by atoms with Gasteiger partial charge in [0.25, 0.3) is 0 Å². The number of benzene rings is 1. The molecule has 0 atom stereocenters. The zero-order chi connectivity index (χ0) is 17.7. The van der Waals surface area contributed by atoms with Gasteiger partial charge in [0, 0.05) is 12.5 Å². The van der Waals surface area contributed by atoms with Crippen LogP contribution >= 0.6 is 0 Å². The molecule has 0 radical (unpaired) electrons. The molecule has 1 aromatic carbocycles. The van der Waals surface area contributed by atoms with Crippen LogP contribution in [0.25, 0.3) is 11.1 Å². The van der Waals surface area contributed by atoms with Gasteiger partial charge in [-0.15, -0.1) is 0 Å². The maximum atomic E-state index is 11.7. The Morgan fingerprint density at radius 3 is 2.08 bits per heavy atom. The van der Waals surface area contributed by atoms with E-state index in [9.17, 15) is 8.42 Å². The monoisotopic (exact) mass is 350 g/mol. The van der Waals surface area contributed by atoms with E-state index < -0.39 is 9.84 Å². The molecule has 0 N–H and O–H groups in total. The van der Waals surface area contributed by atoms with Gasteiger partial charge in [-0.3, -0.25) is 0 Å². The van der Waals surface area contributed by atoms with Crippen molar-refractivity contribution in [2.75, 3.05) is 6.26 Å². The number of hydrogen-bond donors (Lipinski definition) is 0. The van der Waals surface area contributed by atoms with E-state index in [2.05, 4.69) is 11.1 Å². The molecule has 0 bridgehead atoms. The summed E-state index contributed by atoms with van der Waals surface area (Å²) in [5.74, 6) is 0. The van der Waals surface area contributed by atoms with Crippen molar-refractivity contribution in [1.82, 2.24) is 4.98 Å². The van der Waals surface area contributed by atoms with Crippen LogP contribution in [-0.2, 0) is 9.84 Å². The maximum absolute atomic E-state index is 11.7. The number of pyridine rings is 1. The summed E-state index contributed by atoms with van der Waals surface area (Å²) < 4.78 is 23.4. The van der Waals surface area contributed by atoms with Crippen LogP contribution in [-0.4, -0.2) is 19.7 Å². The summed E-state index contributed by atoms with van der Waals surface area (Å²) in [5, 5.41) is 8.93. The molecule has 4 rings (SSSR count). The van der Waals surface area contributed by atoms with Crippen LogP contribution in [0.3, 0.4) is 0 Å². The molecule has 2 aliphatic rings. The molecule has 1 heterocycles. The van der Waals surface area contributed by atoms with Crippen LogP contribution in [0.4, 0.5) is 0 Å². The highest BCUT2D eigenvalue weighted by molar-refractivity contribution is 7.90. The van der Waals surface area contributed by atoms with E-state index in [0.717, 1.165) is 24.0 Å². The lowest BCUT2D eigenvalue weighted by Gasteiger charge is -2.09. The maximum Gasteiger partial charge on any atom is 0.175 e. The van der Waals surface area contributed by atoms with Crippen molar-refractivity contribution in [1.29, 1.82) is 5.26 Å². The first-order chi connectivity index (χ1) is 11.9. The lowest BCUT2D eigenvalue weighted by Crippen LogP contribution is -1.97.